The maximum absolute atomic E-state index is 2.83. The van der Waals surface area contributed by atoms with E-state index in [1.807, 2.05) is 0 Å². The largest absolute Gasteiger partial charge is 0.138 e. The molecule has 0 heterocycles. The van der Waals surface area contributed by atoms with Gasteiger partial charge in [0, 0.05) is 4.43 Å². The van der Waals surface area contributed by atoms with Crippen LogP contribution in [0.1, 0.15) is 26.2 Å². The number of hydrogen-bond acceptors (Lipinski definition) is 0. The van der Waals surface area contributed by atoms with Crippen LogP contribution in [0, 0.1) is 5.92 Å². The summed E-state index contributed by atoms with van der Waals surface area (Å²) in [5.41, 5.74) is 3.13. The van der Waals surface area contributed by atoms with Crippen molar-refractivity contribution in [3.05, 3.63) is 23.3 Å². The van der Waals surface area contributed by atoms with E-state index in [1.54, 1.807) is 5.57 Å². The summed E-state index contributed by atoms with van der Waals surface area (Å²) < 4.78 is 1.25. The van der Waals surface area contributed by atoms with Crippen molar-refractivity contribution < 1.29 is 0 Å². The van der Waals surface area contributed by atoms with E-state index in [-0.39, 0.29) is 0 Å². The molecule has 2 atom stereocenters. The van der Waals surface area contributed by atoms with Gasteiger partial charge in [-0.1, -0.05) is 40.3 Å². The zero-order valence-corrected chi connectivity index (χ0v) is 11.5. The Kier molecular flexibility index (Phi) is 5.57. The second kappa shape index (κ2) is 6.19. The molecule has 2 heteroatoms. The Labute approximate surface area is 97.6 Å². The van der Waals surface area contributed by atoms with E-state index in [4.69, 9.17) is 0 Å². The molecule has 0 radical (unpaired) electrons. The highest BCUT2D eigenvalue weighted by Crippen LogP contribution is 2.29. The molecule has 0 fully saturated rings. The first-order valence-electron chi connectivity index (χ1n) is 4.92. The lowest BCUT2D eigenvalue weighted by Gasteiger charge is -2.21. The number of rotatable bonds is 4. The lowest BCUT2D eigenvalue weighted by Crippen LogP contribution is -2.09. The third kappa shape index (κ3) is 3.36. The second-order valence-corrected chi connectivity index (χ2v) is 5.01. The molecule has 0 bridgehead atoms. The average molecular weight is 308 g/mol. The third-order valence-electron chi connectivity index (χ3n) is 2.58. The van der Waals surface area contributed by atoms with Gasteiger partial charge in [0.2, 0.25) is 0 Å². The number of halogens is 1. The van der Waals surface area contributed by atoms with Crippen LogP contribution in [-0.2, 0) is 0 Å². The van der Waals surface area contributed by atoms with Gasteiger partial charge in [-0.25, -0.2) is 0 Å². The monoisotopic (exact) mass is 308 g/mol. The Balaban J connectivity index is 2.67. The molecule has 74 valence electrons. The van der Waals surface area contributed by atoms with Crippen LogP contribution in [0.5, 0.6) is 0 Å². The molecule has 0 aromatic heterocycles. The molecule has 0 N–H and O–H groups in total. The van der Waals surface area contributed by atoms with E-state index in [0.29, 0.717) is 0 Å². The minimum atomic E-state index is 0.787. The predicted molar refractivity (Wildman–Crippen MR) is 72.6 cm³/mol. The van der Waals surface area contributed by atoms with Crippen molar-refractivity contribution in [2.45, 2.75) is 26.2 Å². The second-order valence-electron chi connectivity index (χ2n) is 3.55. The first kappa shape index (κ1) is 11.7. The molecule has 1 rings (SSSR count). The predicted octanol–water partition coefficient (Wildman–Crippen LogP) is 3.97. The summed E-state index contributed by atoms with van der Waals surface area (Å²) >= 11 is 2.51. The third-order valence-corrected chi connectivity index (χ3v) is 3.97. The molecular formula is C11H18IP. The molecule has 0 aromatic carbocycles. The summed E-state index contributed by atoms with van der Waals surface area (Å²) in [6.45, 7) is 2.26. The molecule has 1 unspecified atom stereocenters. The number of allylic oxidation sites excluding steroid dienone is 4. The smallest absolute Gasteiger partial charge is 0.00643 e. The van der Waals surface area contributed by atoms with Crippen molar-refractivity contribution in [2.24, 2.45) is 5.92 Å². The van der Waals surface area contributed by atoms with Crippen LogP contribution in [0.3, 0.4) is 0 Å². The Bertz CT molecular complexity index is 218. The van der Waals surface area contributed by atoms with E-state index in [0.717, 1.165) is 5.92 Å². The van der Waals surface area contributed by atoms with Crippen LogP contribution in [0.4, 0.5) is 0 Å². The molecule has 0 saturated carbocycles. The Morgan fingerprint density at radius 2 is 2.15 bits per heavy atom. The number of alkyl halides is 1. The van der Waals surface area contributed by atoms with Crippen LogP contribution in [0.2, 0.25) is 0 Å². The van der Waals surface area contributed by atoms with Gasteiger partial charge in [0.25, 0.3) is 0 Å². The van der Waals surface area contributed by atoms with E-state index in [9.17, 15) is 0 Å². The fourth-order valence-corrected chi connectivity index (χ4v) is 3.14. The topological polar surface area (TPSA) is 0 Å². The zero-order valence-electron chi connectivity index (χ0n) is 8.22. The maximum Gasteiger partial charge on any atom is 0.00643 e. The van der Waals surface area contributed by atoms with Crippen LogP contribution >= 0.6 is 31.8 Å². The van der Waals surface area contributed by atoms with Gasteiger partial charge in [-0.2, -0.15) is 0 Å². The van der Waals surface area contributed by atoms with Gasteiger partial charge >= 0.3 is 0 Å². The fraction of sp³-hybridized carbons (Fsp3) is 0.636. The molecule has 0 nitrogen and oxygen atoms in total. The molecule has 0 amide bonds. The highest BCUT2D eigenvalue weighted by atomic mass is 127. The van der Waals surface area contributed by atoms with Crippen molar-refractivity contribution in [2.75, 3.05) is 10.6 Å². The molecule has 0 saturated heterocycles. The lowest BCUT2D eigenvalue weighted by atomic mass is 9.88. The summed E-state index contributed by atoms with van der Waals surface area (Å²) in [5, 5.41) is 0. The molecule has 0 aromatic rings. The average Bonchev–Trinajstić information content (AvgIpc) is 2.16. The standard InChI is InChI=1S/C11H18IP/c1-9-4-2-3-5-11(9)10(8-12)6-7-13/h4-5,10H,2-3,6-8,13H2,1H3/t10-/m0/s1. The van der Waals surface area contributed by atoms with E-state index < -0.39 is 0 Å². The number of hydrogen-bond donors (Lipinski definition) is 0. The minimum Gasteiger partial charge on any atom is -0.138 e. The molecule has 0 spiro atoms. The minimum absolute atomic E-state index is 0.787. The van der Waals surface area contributed by atoms with Crippen LogP contribution < -0.4 is 0 Å². The van der Waals surface area contributed by atoms with Crippen LogP contribution in [0.15, 0.2) is 23.3 Å². The summed E-state index contributed by atoms with van der Waals surface area (Å²) in [6, 6.07) is 0. The van der Waals surface area contributed by atoms with Crippen molar-refractivity contribution in [3.8, 4) is 0 Å². The normalized spacial score (nSPS) is 19.3. The summed E-state index contributed by atoms with van der Waals surface area (Å²) in [7, 11) is 2.83. The van der Waals surface area contributed by atoms with Gasteiger partial charge in [0.05, 0.1) is 0 Å². The van der Waals surface area contributed by atoms with Gasteiger partial charge in [-0.15, -0.1) is 9.24 Å². The van der Waals surface area contributed by atoms with Gasteiger partial charge in [-0.05, 0) is 43.8 Å². The molecule has 1 aliphatic rings. The summed E-state index contributed by atoms with van der Waals surface area (Å²) in [4.78, 5) is 0. The zero-order chi connectivity index (χ0) is 9.68. The SMILES string of the molecule is CC1=CCCC=C1[C@H](CI)CCP. The van der Waals surface area contributed by atoms with E-state index in [1.165, 1.54) is 35.4 Å². The van der Waals surface area contributed by atoms with Crippen molar-refractivity contribution in [3.63, 3.8) is 0 Å². The quantitative estimate of drug-likeness (QED) is 0.419. The van der Waals surface area contributed by atoms with Crippen molar-refractivity contribution in [1.82, 2.24) is 0 Å². The highest BCUT2D eigenvalue weighted by Gasteiger charge is 2.14. The first-order chi connectivity index (χ1) is 6.29. The van der Waals surface area contributed by atoms with Gasteiger partial charge in [0.1, 0.15) is 0 Å². The van der Waals surface area contributed by atoms with Crippen molar-refractivity contribution in [1.29, 1.82) is 0 Å². The van der Waals surface area contributed by atoms with Gasteiger partial charge < -0.3 is 0 Å². The lowest BCUT2D eigenvalue weighted by molar-refractivity contribution is 0.677. The van der Waals surface area contributed by atoms with Crippen molar-refractivity contribution >= 4 is 31.8 Å². The van der Waals surface area contributed by atoms with Crippen LogP contribution in [-0.4, -0.2) is 10.6 Å². The summed E-state index contributed by atoms with van der Waals surface area (Å²) in [5.74, 6) is 0.787. The Hall–Kier alpha value is 0.640. The Morgan fingerprint density at radius 3 is 2.69 bits per heavy atom. The first-order valence-corrected chi connectivity index (χ1v) is 7.27. The summed E-state index contributed by atoms with van der Waals surface area (Å²) in [6.07, 6.45) is 9.85. The maximum atomic E-state index is 2.83. The van der Waals surface area contributed by atoms with Crippen LogP contribution in [0.25, 0.3) is 0 Å². The Morgan fingerprint density at radius 1 is 1.46 bits per heavy atom. The molecule has 0 aliphatic heterocycles. The molecule has 1 aliphatic carbocycles. The highest BCUT2D eigenvalue weighted by molar-refractivity contribution is 14.1. The van der Waals surface area contributed by atoms with E-state index >= 15 is 0 Å². The van der Waals surface area contributed by atoms with Gasteiger partial charge in [0.15, 0.2) is 0 Å². The van der Waals surface area contributed by atoms with Gasteiger partial charge in [-0.3, -0.25) is 0 Å². The fourth-order valence-electron chi connectivity index (χ4n) is 1.82. The molecule has 13 heavy (non-hydrogen) atoms. The molecular weight excluding hydrogens is 290 g/mol. The van der Waals surface area contributed by atoms with E-state index in [2.05, 4.69) is 50.9 Å².